The third kappa shape index (κ3) is 4.55. The van der Waals surface area contributed by atoms with E-state index in [4.69, 9.17) is 14.2 Å². The molecule has 2 rings (SSSR count). The van der Waals surface area contributed by atoms with Crippen molar-refractivity contribution in [1.29, 1.82) is 0 Å². The van der Waals surface area contributed by atoms with Crippen LogP contribution in [0.5, 0.6) is 17.2 Å². The van der Waals surface area contributed by atoms with Gasteiger partial charge in [-0.25, -0.2) is 0 Å². The minimum absolute atomic E-state index is 0.110. The van der Waals surface area contributed by atoms with Crippen LogP contribution in [-0.2, 0) is 4.79 Å². The van der Waals surface area contributed by atoms with Crippen LogP contribution in [0.3, 0.4) is 0 Å². The Morgan fingerprint density at radius 3 is 2.38 bits per heavy atom. The van der Waals surface area contributed by atoms with Crippen molar-refractivity contribution in [3.8, 4) is 17.2 Å². The SMILES string of the molecule is COc1ccc(NC(=O)CCNc2ccccc2OC)c(OC)c1. The Labute approximate surface area is 141 Å². The Kier molecular flexibility index (Phi) is 6.31. The maximum atomic E-state index is 12.1. The van der Waals surface area contributed by atoms with E-state index in [2.05, 4.69) is 10.6 Å². The summed E-state index contributed by atoms with van der Waals surface area (Å²) in [6.07, 6.45) is 0.313. The molecule has 0 aromatic heterocycles. The van der Waals surface area contributed by atoms with Crippen molar-refractivity contribution in [2.75, 3.05) is 38.5 Å². The number of anilines is 2. The van der Waals surface area contributed by atoms with Gasteiger partial charge in [-0.2, -0.15) is 0 Å². The first-order chi connectivity index (χ1) is 11.7. The molecule has 0 fully saturated rings. The molecule has 2 aromatic rings. The highest BCUT2D eigenvalue weighted by molar-refractivity contribution is 5.92. The number of carbonyl (C=O) groups is 1. The summed E-state index contributed by atoms with van der Waals surface area (Å²) in [6, 6.07) is 12.8. The van der Waals surface area contributed by atoms with Crippen molar-refractivity contribution in [1.82, 2.24) is 0 Å². The number of nitrogens with one attached hydrogen (secondary N) is 2. The summed E-state index contributed by atoms with van der Waals surface area (Å²) in [7, 11) is 4.74. The van der Waals surface area contributed by atoms with Crippen LogP contribution in [0.1, 0.15) is 6.42 Å². The zero-order chi connectivity index (χ0) is 17.4. The summed E-state index contributed by atoms with van der Waals surface area (Å²) in [4.78, 5) is 12.1. The summed E-state index contributed by atoms with van der Waals surface area (Å²) in [5, 5.41) is 6.03. The minimum Gasteiger partial charge on any atom is -0.497 e. The lowest BCUT2D eigenvalue weighted by molar-refractivity contribution is -0.116. The molecular weight excluding hydrogens is 308 g/mol. The molecule has 24 heavy (non-hydrogen) atoms. The second-order valence-electron chi connectivity index (χ2n) is 4.99. The predicted molar refractivity (Wildman–Crippen MR) is 94.3 cm³/mol. The lowest BCUT2D eigenvalue weighted by Crippen LogP contribution is -2.17. The Morgan fingerprint density at radius 2 is 1.67 bits per heavy atom. The Morgan fingerprint density at radius 1 is 0.917 bits per heavy atom. The fourth-order valence-corrected chi connectivity index (χ4v) is 2.22. The molecule has 0 aliphatic heterocycles. The first kappa shape index (κ1) is 17.5. The second kappa shape index (κ2) is 8.67. The molecule has 0 unspecified atom stereocenters. The third-order valence-corrected chi connectivity index (χ3v) is 3.46. The van der Waals surface area contributed by atoms with Crippen molar-refractivity contribution in [2.24, 2.45) is 0 Å². The zero-order valence-electron chi connectivity index (χ0n) is 14.1. The van der Waals surface area contributed by atoms with Gasteiger partial charge in [-0.05, 0) is 24.3 Å². The van der Waals surface area contributed by atoms with Crippen LogP contribution in [0.15, 0.2) is 42.5 Å². The summed E-state index contributed by atoms with van der Waals surface area (Å²) >= 11 is 0. The van der Waals surface area contributed by atoms with Crippen LogP contribution in [0, 0.1) is 0 Å². The van der Waals surface area contributed by atoms with Gasteiger partial charge in [0.1, 0.15) is 17.2 Å². The van der Waals surface area contributed by atoms with E-state index in [9.17, 15) is 4.79 Å². The van der Waals surface area contributed by atoms with E-state index in [1.165, 1.54) is 0 Å². The zero-order valence-corrected chi connectivity index (χ0v) is 14.1. The summed E-state index contributed by atoms with van der Waals surface area (Å²) in [5.41, 5.74) is 1.47. The van der Waals surface area contributed by atoms with E-state index < -0.39 is 0 Å². The molecule has 2 aromatic carbocycles. The Bertz CT molecular complexity index is 688. The molecule has 128 valence electrons. The maximum Gasteiger partial charge on any atom is 0.226 e. The molecule has 0 atom stereocenters. The van der Waals surface area contributed by atoms with Crippen LogP contribution in [0.2, 0.25) is 0 Å². The predicted octanol–water partition coefficient (Wildman–Crippen LogP) is 3.15. The molecule has 2 N–H and O–H groups in total. The average Bonchev–Trinajstić information content (AvgIpc) is 2.62. The van der Waals surface area contributed by atoms with Gasteiger partial charge >= 0.3 is 0 Å². The molecule has 0 heterocycles. The fraction of sp³-hybridized carbons (Fsp3) is 0.278. The van der Waals surface area contributed by atoms with E-state index >= 15 is 0 Å². The Hall–Kier alpha value is -2.89. The molecule has 0 bridgehead atoms. The fourth-order valence-electron chi connectivity index (χ4n) is 2.22. The number of ether oxygens (including phenoxy) is 3. The average molecular weight is 330 g/mol. The van der Waals surface area contributed by atoms with Crippen molar-refractivity contribution in [2.45, 2.75) is 6.42 Å². The van der Waals surface area contributed by atoms with Gasteiger partial charge in [0.2, 0.25) is 5.91 Å². The van der Waals surface area contributed by atoms with Gasteiger partial charge in [-0.3, -0.25) is 4.79 Å². The van der Waals surface area contributed by atoms with Gasteiger partial charge in [-0.1, -0.05) is 12.1 Å². The van der Waals surface area contributed by atoms with E-state index in [1.807, 2.05) is 24.3 Å². The lowest BCUT2D eigenvalue weighted by atomic mass is 10.2. The number of benzene rings is 2. The summed E-state index contributed by atoms with van der Waals surface area (Å²) in [5.74, 6) is 1.86. The molecule has 0 aliphatic carbocycles. The smallest absolute Gasteiger partial charge is 0.226 e. The number of hydrogen-bond donors (Lipinski definition) is 2. The van der Waals surface area contributed by atoms with Gasteiger partial charge in [0.25, 0.3) is 0 Å². The molecular formula is C18H22N2O4. The highest BCUT2D eigenvalue weighted by Crippen LogP contribution is 2.29. The number of hydrogen-bond acceptors (Lipinski definition) is 5. The van der Waals surface area contributed by atoms with Crippen LogP contribution < -0.4 is 24.8 Å². The number of methoxy groups -OCH3 is 3. The molecule has 0 radical (unpaired) electrons. The topological polar surface area (TPSA) is 68.8 Å². The van der Waals surface area contributed by atoms with Gasteiger partial charge in [0, 0.05) is 19.0 Å². The second-order valence-corrected chi connectivity index (χ2v) is 4.99. The first-order valence-electron chi connectivity index (χ1n) is 7.56. The highest BCUT2D eigenvalue weighted by atomic mass is 16.5. The van der Waals surface area contributed by atoms with E-state index in [1.54, 1.807) is 39.5 Å². The number of rotatable bonds is 8. The van der Waals surface area contributed by atoms with Gasteiger partial charge in [0.05, 0.1) is 32.7 Å². The molecule has 0 aliphatic rings. The molecule has 0 saturated carbocycles. The molecule has 6 heteroatoms. The third-order valence-electron chi connectivity index (χ3n) is 3.46. The van der Waals surface area contributed by atoms with E-state index in [0.717, 1.165) is 11.4 Å². The van der Waals surface area contributed by atoms with Crippen molar-refractivity contribution < 1.29 is 19.0 Å². The van der Waals surface area contributed by atoms with Crippen molar-refractivity contribution in [3.63, 3.8) is 0 Å². The van der Waals surface area contributed by atoms with Crippen LogP contribution in [0.25, 0.3) is 0 Å². The standard InChI is InChI=1S/C18H22N2O4/c1-22-13-8-9-15(17(12-13)24-3)20-18(21)10-11-19-14-6-4-5-7-16(14)23-2/h4-9,12,19H,10-11H2,1-3H3,(H,20,21). The highest BCUT2D eigenvalue weighted by Gasteiger charge is 2.09. The minimum atomic E-state index is -0.110. The van der Waals surface area contributed by atoms with Crippen LogP contribution >= 0.6 is 0 Å². The summed E-state index contributed by atoms with van der Waals surface area (Å²) < 4.78 is 15.7. The van der Waals surface area contributed by atoms with Crippen LogP contribution in [0.4, 0.5) is 11.4 Å². The van der Waals surface area contributed by atoms with E-state index in [-0.39, 0.29) is 5.91 Å². The van der Waals surface area contributed by atoms with Gasteiger partial charge in [0.15, 0.2) is 0 Å². The number of amides is 1. The van der Waals surface area contributed by atoms with Crippen molar-refractivity contribution in [3.05, 3.63) is 42.5 Å². The molecule has 6 nitrogen and oxygen atoms in total. The molecule has 0 saturated heterocycles. The molecule has 0 spiro atoms. The molecule has 1 amide bonds. The van der Waals surface area contributed by atoms with E-state index in [0.29, 0.717) is 30.2 Å². The largest absolute Gasteiger partial charge is 0.497 e. The number of carbonyl (C=O) groups excluding carboxylic acids is 1. The Balaban J connectivity index is 1.89. The van der Waals surface area contributed by atoms with Gasteiger partial charge in [-0.15, -0.1) is 0 Å². The maximum absolute atomic E-state index is 12.1. The summed E-state index contributed by atoms with van der Waals surface area (Å²) in [6.45, 7) is 0.491. The van der Waals surface area contributed by atoms with Crippen LogP contribution in [-0.4, -0.2) is 33.8 Å². The quantitative estimate of drug-likeness (QED) is 0.778. The normalized spacial score (nSPS) is 9.96. The first-order valence-corrected chi connectivity index (χ1v) is 7.56. The van der Waals surface area contributed by atoms with Gasteiger partial charge < -0.3 is 24.8 Å². The lowest BCUT2D eigenvalue weighted by Gasteiger charge is -2.13. The number of para-hydroxylation sites is 2. The van der Waals surface area contributed by atoms with Crippen molar-refractivity contribution >= 4 is 17.3 Å². The monoisotopic (exact) mass is 330 g/mol.